The van der Waals surface area contributed by atoms with Gasteiger partial charge in [0.25, 0.3) is 0 Å². The standard InChI is InChI=1S/C14H14Cl3F3N2O2/c1-7-10(5-14(18,19)20)21-9-4-2-3-8(9)11(7)22-12(23)24-6-13(15,16)17/h2-6H2,1H3,(H,21,22,23). The molecule has 1 amide bonds. The largest absolute Gasteiger partial charge is 0.445 e. The van der Waals surface area contributed by atoms with E-state index in [4.69, 9.17) is 39.5 Å². The van der Waals surface area contributed by atoms with Crippen molar-refractivity contribution in [2.75, 3.05) is 11.9 Å². The third-order valence-corrected chi connectivity index (χ3v) is 3.86. The maximum absolute atomic E-state index is 12.7. The van der Waals surface area contributed by atoms with Gasteiger partial charge >= 0.3 is 12.3 Å². The Morgan fingerprint density at radius 1 is 1.29 bits per heavy atom. The van der Waals surface area contributed by atoms with Gasteiger partial charge < -0.3 is 4.74 Å². The third kappa shape index (κ3) is 5.29. The number of anilines is 1. The Bertz CT molecular complexity index is 646. The molecule has 1 heterocycles. The molecule has 0 unspecified atom stereocenters. The molecule has 4 nitrogen and oxygen atoms in total. The number of nitrogens with one attached hydrogen (secondary N) is 1. The van der Waals surface area contributed by atoms with Gasteiger partial charge in [0.05, 0.1) is 17.8 Å². The minimum absolute atomic E-state index is 0.111. The van der Waals surface area contributed by atoms with Gasteiger partial charge in [0.1, 0.15) is 6.61 Å². The Kier molecular flexibility index (Phi) is 5.77. The maximum atomic E-state index is 12.7. The first-order valence-corrected chi connectivity index (χ1v) is 8.18. The van der Waals surface area contributed by atoms with Gasteiger partial charge in [-0.05, 0) is 37.3 Å². The average molecular weight is 406 g/mol. The van der Waals surface area contributed by atoms with Crippen molar-refractivity contribution in [1.29, 1.82) is 0 Å². The Hall–Kier alpha value is -0.920. The number of hydrogen-bond acceptors (Lipinski definition) is 3. The van der Waals surface area contributed by atoms with Crippen LogP contribution >= 0.6 is 34.8 Å². The highest BCUT2D eigenvalue weighted by Crippen LogP contribution is 2.34. The second kappa shape index (κ2) is 7.14. The van der Waals surface area contributed by atoms with Gasteiger partial charge in [-0.2, -0.15) is 13.2 Å². The quantitative estimate of drug-likeness (QED) is 0.728. The molecule has 134 valence electrons. The molecule has 1 aromatic heterocycles. The zero-order valence-corrected chi connectivity index (χ0v) is 14.8. The summed E-state index contributed by atoms with van der Waals surface area (Å²) < 4.78 is 41.2. The topological polar surface area (TPSA) is 51.2 Å². The van der Waals surface area contributed by atoms with Crippen molar-refractivity contribution in [3.63, 3.8) is 0 Å². The minimum atomic E-state index is -4.39. The normalized spacial score (nSPS) is 14.5. The summed E-state index contributed by atoms with van der Waals surface area (Å²) in [5, 5.41) is 2.46. The summed E-state index contributed by atoms with van der Waals surface area (Å²) in [6, 6.07) is 0. The predicted molar refractivity (Wildman–Crippen MR) is 86.0 cm³/mol. The summed E-state index contributed by atoms with van der Waals surface area (Å²) >= 11 is 16.5. The molecule has 1 aromatic rings. The number of alkyl halides is 6. The second-order valence-electron chi connectivity index (χ2n) is 5.45. The van der Waals surface area contributed by atoms with Gasteiger partial charge in [0.2, 0.25) is 3.79 Å². The molecule has 10 heteroatoms. The number of nitrogens with zero attached hydrogens (tertiary/aromatic N) is 1. The van der Waals surface area contributed by atoms with Crippen LogP contribution in [0, 0.1) is 6.92 Å². The van der Waals surface area contributed by atoms with Gasteiger partial charge in [-0.25, -0.2) is 4.79 Å². The number of pyridine rings is 1. The zero-order valence-electron chi connectivity index (χ0n) is 12.6. The van der Waals surface area contributed by atoms with Crippen molar-refractivity contribution < 1.29 is 22.7 Å². The summed E-state index contributed by atoms with van der Waals surface area (Å²) in [5.74, 6) is 0. The molecule has 1 N–H and O–H groups in total. The van der Waals surface area contributed by atoms with Crippen LogP contribution in [0.15, 0.2) is 0 Å². The van der Waals surface area contributed by atoms with Gasteiger partial charge in [0, 0.05) is 5.69 Å². The highest BCUT2D eigenvalue weighted by atomic mass is 35.6. The second-order valence-corrected chi connectivity index (χ2v) is 7.96. The van der Waals surface area contributed by atoms with E-state index in [1.54, 1.807) is 0 Å². The van der Waals surface area contributed by atoms with E-state index in [9.17, 15) is 18.0 Å². The van der Waals surface area contributed by atoms with Crippen LogP contribution in [0.25, 0.3) is 0 Å². The van der Waals surface area contributed by atoms with Crippen LogP contribution in [0.3, 0.4) is 0 Å². The number of fused-ring (bicyclic) bond motifs is 1. The van der Waals surface area contributed by atoms with Crippen molar-refractivity contribution in [1.82, 2.24) is 4.98 Å². The number of ether oxygens (including phenoxy) is 1. The summed E-state index contributed by atoms with van der Waals surface area (Å²) in [4.78, 5) is 16.0. The Balaban J connectivity index is 2.26. The van der Waals surface area contributed by atoms with Crippen molar-refractivity contribution in [3.05, 3.63) is 22.5 Å². The van der Waals surface area contributed by atoms with Crippen molar-refractivity contribution >= 4 is 46.6 Å². The lowest BCUT2D eigenvalue weighted by Crippen LogP contribution is -2.23. The predicted octanol–water partition coefficient (Wildman–Crippen LogP) is 4.90. The molecule has 0 atom stereocenters. The Morgan fingerprint density at radius 3 is 2.54 bits per heavy atom. The molecule has 0 aromatic carbocycles. The molecule has 0 fully saturated rings. The molecule has 0 saturated carbocycles. The summed E-state index contributed by atoms with van der Waals surface area (Å²) in [7, 11) is 0. The molecular weight excluding hydrogens is 392 g/mol. The molecule has 0 bridgehead atoms. The van der Waals surface area contributed by atoms with Crippen molar-refractivity contribution in [2.45, 2.75) is 42.6 Å². The van der Waals surface area contributed by atoms with Gasteiger partial charge in [0.15, 0.2) is 0 Å². The number of hydrogen-bond donors (Lipinski definition) is 1. The lowest BCUT2D eigenvalue weighted by atomic mass is 10.0. The Morgan fingerprint density at radius 2 is 1.96 bits per heavy atom. The van der Waals surface area contributed by atoms with E-state index in [1.807, 2.05) is 0 Å². The van der Waals surface area contributed by atoms with E-state index in [0.29, 0.717) is 24.2 Å². The van der Waals surface area contributed by atoms with Crippen LogP contribution in [-0.2, 0) is 24.0 Å². The van der Waals surface area contributed by atoms with Crippen LogP contribution in [0.5, 0.6) is 0 Å². The van der Waals surface area contributed by atoms with Gasteiger partial charge in [-0.3, -0.25) is 10.3 Å². The fraction of sp³-hybridized carbons (Fsp3) is 0.571. The highest BCUT2D eigenvalue weighted by Gasteiger charge is 2.32. The maximum Gasteiger partial charge on any atom is 0.411 e. The monoisotopic (exact) mass is 404 g/mol. The first-order chi connectivity index (χ1) is 11.0. The van der Waals surface area contributed by atoms with E-state index in [-0.39, 0.29) is 11.3 Å². The summed E-state index contributed by atoms with van der Waals surface area (Å²) in [6.07, 6.45) is -4.51. The van der Waals surface area contributed by atoms with E-state index in [0.717, 1.165) is 12.0 Å². The van der Waals surface area contributed by atoms with Crippen molar-refractivity contribution in [3.8, 4) is 0 Å². The molecule has 2 rings (SSSR count). The number of carbonyl (C=O) groups excluding carboxylic acids is 1. The Labute approximate surface area is 151 Å². The highest BCUT2D eigenvalue weighted by molar-refractivity contribution is 6.67. The van der Waals surface area contributed by atoms with Crippen LogP contribution in [0.1, 0.15) is 28.9 Å². The molecule has 0 saturated heterocycles. The minimum Gasteiger partial charge on any atom is -0.445 e. The van der Waals surface area contributed by atoms with E-state index < -0.39 is 29.1 Å². The van der Waals surface area contributed by atoms with Crippen molar-refractivity contribution in [2.24, 2.45) is 0 Å². The molecule has 24 heavy (non-hydrogen) atoms. The molecule has 1 aliphatic carbocycles. The fourth-order valence-corrected chi connectivity index (χ4v) is 2.72. The van der Waals surface area contributed by atoms with Gasteiger partial charge in [-0.15, -0.1) is 0 Å². The molecule has 0 aliphatic heterocycles. The molecule has 1 aliphatic rings. The number of amides is 1. The van der Waals surface area contributed by atoms with Crippen LogP contribution in [0.4, 0.5) is 23.7 Å². The lowest BCUT2D eigenvalue weighted by Gasteiger charge is -2.18. The smallest absolute Gasteiger partial charge is 0.411 e. The number of carbonyl (C=O) groups is 1. The van der Waals surface area contributed by atoms with Crippen LogP contribution in [0.2, 0.25) is 0 Å². The van der Waals surface area contributed by atoms with E-state index >= 15 is 0 Å². The third-order valence-electron chi connectivity index (χ3n) is 3.53. The first-order valence-electron chi connectivity index (χ1n) is 7.05. The number of aromatic nitrogens is 1. The number of aryl methyl sites for hydroxylation is 1. The molecule has 0 spiro atoms. The molecular formula is C14H14Cl3F3N2O2. The fourth-order valence-electron chi connectivity index (χ4n) is 2.55. The zero-order chi connectivity index (χ0) is 18.1. The summed E-state index contributed by atoms with van der Waals surface area (Å²) in [5.41, 5.74) is 1.74. The summed E-state index contributed by atoms with van der Waals surface area (Å²) in [6.45, 7) is 1.00. The van der Waals surface area contributed by atoms with E-state index in [1.165, 1.54) is 6.92 Å². The number of rotatable bonds is 3. The first kappa shape index (κ1) is 19.4. The number of halogens is 6. The lowest BCUT2D eigenvalue weighted by molar-refractivity contribution is -0.127. The molecule has 0 radical (unpaired) electrons. The van der Waals surface area contributed by atoms with Crippen LogP contribution in [-0.4, -0.2) is 27.7 Å². The van der Waals surface area contributed by atoms with Crippen LogP contribution < -0.4 is 5.32 Å². The van der Waals surface area contributed by atoms with E-state index in [2.05, 4.69) is 10.3 Å². The average Bonchev–Trinajstić information content (AvgIpc) is 2.86. The van der Waals surface area contributed by atoms with Gasteiger partial charge in [-0.1, -0.05) is 34.8 Å². The SMILES string of the molecule is Cc1c(CC(F)(F)F)nc2c(c1NC(=O)OCC(Cl)(Cl)Cl)CCC2.